The lowest BCUT2D eigenvalue weighted by atomic mass is 10.3. The highest BCUT2D eigenvalue weighted by atomic mass is 79.9. The molecule has 0 atom stereocenters. The third-order valence-corrected chi connectivity index (χ3v) is 3.19. The number of nitrogens with zero attached hydrogens (tertiary/aromatic N) is 2. The highest BCUT2D eigenvalue weighted by Crippen LogP contribution is 2.15. The predicted octanol–water partition coefficient (Wildman–Crippen LogP) is 1.73. The van der Waals surface area contributed by atoms with Gasteiger partial charge in [0.15, 0.2) is 0 Å². The summed E-state index contributed by atoms with van der Waals surface area (Å²) in [7, 11) is 0. The Morgan fingerprint density at radius 1 is 1.56 bits per heavy atom. The van der Waals surface area contributed by atoms with E-state index in [-0.39, 0.29) is 5.56 Å². The molecule has 0 unspecified atom stereocenters. The van der Waals surface area contributed by atoms with Crippen molar-refractivity contribution in [3.8, 4) is 0 Å². The summed E-state index contributed by atoms with van der Waals surface area (Å²) < 4.78 is 2.00. The lowest BCUT2D eigenvalue weighted by Crippen LogP contribution is -2.24. The van der Waals surface area contributed by atoms with Crippen LogP contribution in [-0.4, -0.2) is 22.9 Å². The Balaban J connectivity index is 2.74. The highest BCUT2D eigenvalue weighted by Gasteiger charge is 2.07. The van der Waals surface area contributed by atoms with Crippen LogP contribution in [-0.2, 0) is 6.54 Å². The van der Waals surface area contributed by atoms with Crippen LogP contribution in [0.5, 0.6) is 0 Å². The van der Waals surface area contributed by atoms with Crippen LogP contribution in [0.2, 0.25) is 0 Å². The molecule has 1 aromatic rings. The Kier molecular flexibility index (Phi) is 6.67. The lowest BCUT2D eigenvalue weighted by molar-refractivity contribution is 0.541. The molecule has 0 aliphatic carbocycles. The van der Waals surface area contributed by atoms with E-state index in [0.29, 0.717) is 29.8 Å². The first-order valence-electron chi connectivity index (χ1n) is 6.05. The number of hydrogen-bond acceptors (Lipinski definition) is 4. The number of halogens is 1. The van der Waals surface area contributed by atoms with Crippen molar-refractivity contribution < 1.29 is 0 Å². The Morgan fingerprint density at radius 2 is 2.33 bits per heavy atom. The first-order chi connectivity index (χ1) is 8.70. The van der Waals surface area contributed by atoms with Crippen molar-refractivity contribution in [2.75, 3.05) is 18.4 Å². The van der Waals surface area contributed by atoms with Gasteiger partial charge < -0.3 is 11.1 Å². The second kappa shape index (κ2) is 8.05. The molecule has 0 bridgehead atoms. The minimum atomic E-state index is -0.101. The van der Waals surface area contributed by atoms with E-state index in [4.69, 9.17) is 5.73 Å². The molecule has 1 heterocycles. The number of nitrogens with one attached hydrogen (secondary N) is 1. The minimum absolute atomic E-state index is 0.101. The Bertz CT molecular complexity index is 456. The molecule has 0 aliphatic rings. The van der Waals surface area contributed by atoms with Gasteiger partial charge in [0, 0.05) is 19.6 Å². The molecular weight excluding hydrogens is 296 g/mol. The molecule has 1 aromatic heterocycles. The van der Waals surface area contributed by atoms with Gasteiger partial charge in [0.2, 0.25) is 0 Å². The number of anilines is 1. The van der Waals surface area contributed by atoms with Crippen LogP contribution in [0.1, 0.15) is 19.8 Å². The van der Waals surface area contributed by atoms with E-state index < -0.39 is 0 Å². The summed E-state index contributed by atoms with van der Waals surface area (Å²) >= 11 is 3.31. The van der Waals surface area contributed by atoms with E-state index in [9.17, 15) is 4.79 Å². The van der Waals surface area contributed by atoms with Gasteiger partial charge in [-0.25, -0.2) is 4.68 Å². The molecule has 0 fully saturated rings. The second-order valence-corrected chi connectivity index (χ2v) is 4.64. The molecule has 5 nitrogen and oxygen atoms in total. The number of unbranched alkanes of at least 4 members (excludes halogenated alkanes) is 1. The summed E-state index contributed by atoms with van der Waals surface area (Å²) in [5, 5.41) is 7.25. The van der Waals surface area contributed by atoms with Crippen LogP contribution in [0.4, 0.5) is 5.69 Å². The molecule has 18 heavy (non-hydrogen) atoms. The number of aryl methyl sites for hydroxylation is 1. The van der Waals surface area contributed by atoms with Crippen molar-refractivity contribution in [3.05, 3.63) is 33.2 Å². The molecule has 0 saturated heterocycles. The van der Waals surface area contributed by atoms with Crippen LogP contribution >= 0.6 is 15.9 Å². The highest BCUT2D eigenvalue weighted by molar-refractivity contribution is 9.10. The van der Waals surface area contributed by atoms with Crippen molar-refractivity contribution >= 4 is 21.6 Å². The molecule has 100 valence electrons. The second-order valence-electron chi connectivity index (χ2n) is 3.84. The third kappa shape index (κ3) is 4.27. The molecule has 1 rings (SSSR count). The summed E-state index contributed by atoms with van der Waals surface area (Å²) in [5.74, 6) is 0. The van der Waals surface area contributed by atoms with Crippen LogP contribution in [0.3, 0.4) is 0 Å². The molecule has 0 aromatic carbocycles. The van der Waals surface area contributed by atoms with Crippen molar-refractivity contribution in [3.63, 3.8) is 0 Å². The van der Waals surface area contributed by atoms with Crippen LogP contribution in [0.25, 0.3) is 0 Å². The number of hydrogen-bond donors (Lipinski definition) is 2. The van der Waals surface area contributed by atoms with Gasteiger partial charge in [0.1, 0.15) is 4.47 Å². The maximum atomic E-state index is 12.0. The largest absolute Gasteiger partial charge is 0.379 e. The Labute approximate surface area is 115 Å². The third-order valence-electron chi connectivity index (χ3n) is 2.42. The topological polar surface area (TPSA) is 72.9 Å². The van der Waals surface area contributed by atoms with Gasteiger partial charge in [-0.2, -0.15) is 5.10 Å². The van der Waals surface area contributed by atoms with Gasteiger partial charge in [-0.3, -0.25) is 4.79 Å². The average Bonchev–Trinajstić information content (AvgIpc) is 2.38. The summed E-state index contributed by atoms with van der Waals surface area (Å²) in [6.45, 7) is 3.87. The lowest BCUT2D eigenvalue weighted by Gasteiger charge is -2.08. The van der Waals surface area contributed by atoms with E-state index in [1.54, 1.807) is 6.20 Å². The standard InChI is InChI=1S/C12H19BrN4O/c1-2-3-8-17-12(18)11(13)10(9-16-17)15-7-5-4-6-14/h4-5,9,15H,2-3,6-8,14H2,1H3/b5-4+. The maximum absolute atomic E-state index is 12.0. The normalized spacial score (nSPS) is 11.1. The van der Waals surface area contributed by atoms with E-state index in [2.05, 4.69) is 33.3 Å². The molecular formula is C12H19BrN4O. The molecule has 0 saturated carbocycles. The van der Waals surface area contributed by atoms with Crippen LogP contribution in [0, 0.1) is 0 Å². The van der Waals surface area contributed by atoms with Gasteiger partial charge in [-0.05, 0) is 22.4 Å². The van der Waals surface area contributed by atoms with Crippen LogP contribution < -0.4 is 16.6 Å². The van der Waals surface area contributed by atoms with E-state index in [1.165, 1.54) is 4.68 Å². The van der Waals surface area contributed by atoms with E-state index in [0.717, 1.165) is 12.8 Å². The first kappa shape index (κ1) is 14.9. The average molecular weight is 315 g/mol. The number of rotatable bonds is 7. The SMILES string of the molecule is CCCCn1ncc(NC/C=C/CN)c(Br)c1=O. The quantitative estimate of drug-likeness (QED) is 0.752. The summed E-state index contributed by atoms with van der Waals surface area (Å²) in [4.78, 5) is 12.0. The molecule has 3 N–H and O–H groups in total. The van der Waals surface area contributed by atoms with Crippen molar-refractivity contribution in [1.29, 1.82) is 0 Å². The summed E-state index contributed by atoms with van der Waals surface area (Å²) in [6.07, 6.45) is 7.42. The zero-order valence-corrected chi connectivity index (χ0v) is 12.1. The van der Waals surface area contributed by atoms with E-state index >= 15 is 0 Å². The monoisotopic (exact) mass is 314 g/mol. The molecule has 0 spiro atoms. The molecule has 0 amide bonds. The van der Waals surface area contributed by atoms with Gasteiger partial charge >= 0.3 is 0 Å². The Hall–Kier alpha value is -1.14. The van der Waals surface area contributed by atoms with Gasteiger partial charge in [0.25, 0.3) is 5.56 Å². The minimum Gasteiger partial charge on any atom is -0.379 e. The summed E-state index contributed by atoms with van der Waals surface area (Å²) in [5.41, 5.74) is 5.94. The molecule has 0 radical (unpaired) electrons. The van der Waals surface area contributed by atoms with Gasteiger partial charge in [-0.1, -0.05) is 25.5 Å². The molecule has 0 aliphatic heterocycles. The predicted molar refractivity (Wildman–Crippen MR) is 77.8 cm³/mol. The number of nitrogens with two attached hydrogens (primary N) is 1. The van der Waals surface area contributed by atoms with E-state index in [1.807, 2.05) is 12.2 Å². The van der Waals surface area contributed by atoms with Crippen LogP contribution in [0.15, 0.2) is 27.6 Å². The zero-order chi connectivity index (χ0) is 13.4. The first-order valence-corrected chi connectivity index (χ1v) is 6.84. The fourth-order valence-electron chi connectivity index (χ4n) is 1.40. The van der Waals surface area contributed by atoms with Gasteiger partial charge in [-0.15, -0.1) is 0 Å². The zero-order valence-electron chi connectivity index (χ0n) is 10.5. The van der Waals surface area contributed by atoms with Crippen molar-refractivity contribution in [2.45, 2.75) is 26.3 Å². The van der Waals surface area contributed by atoms with Crippen molar-refractivity contribution in [2.24, 2.45) is 5.73 Å². The fourth-order valence-corrected chi connectivity index (χ4v) is 1.85. The molecule has 6 heteroatoms. The van der Waals surface area contributed by atoms with Gasteiger partial charge in [0.05, 0.1) is 11.9 Å². The maximum Gasteiger partial charge on any atom is 0.283 e. The van der Waals surface area contributed by atoms with Crippen molar-refractivity contribution in [1.82, 2.24) is 9.78 Å². The smallest absolute Gasteiger partial charge is 0.283 e. The summed E-state index contributed by atoms with van der Waals surface area (Å²) in [6, 6.07) is 0. The Morgan fingerprint density at radius 3 is 3.00 bits per heavy atom. The fraction of sp³-hybridized carbons (Fsp3) is 0.500. The number of aromatic nitrogens is 2.